The number of hydrogen-bond acceptors (Lipinski definition) is 5. The van der Waals surface area contributed by atoms with E-state index in [-0.39, 0.29) is 0 Å². The molecule has 2 saturated heterocycles. The van der Waals surface area contributed by atoms with E-state index < -0.39 is 0 Å². The molecule has 134 valence electrons. The molecule has 0 aliphatic carbocycles. The fourth-order valence-electron chi connectivity index (χ4n) is 4.56. The summed E-state index contributed by atoms with van der Waals surface area (Å²) in [6.45, 7) is 3.13. The van der Waals surface area contributed by atoms with E-state index in [1.165, 1.54) is 18.4 Å². The van der Waals surface area contributed by atoms with Crippen molar-refractivity contribution < 1.29 is 0 Å². The summed E-state index contributed by atoms with van der Waals surface area (Å²) < 4.78 is 0. The summed E-state index contributed by atoms with van der Waals surface area (Å²) in [5.74, 6) is 1.63. The fourth-order valence-corrected chi connectivity index (χ4v) is 4.56. The molecular weight excluding hydrogens is 324 g/mol. The largest absolute Gasteiger partial charge is 0.355 e. The Morgan fingerprint density at radius 2 is 1.85 bits per heavy atom. The van der Waals surface area contributed by atoms with Gasteiger partial charge in [-0.2, -0.15) is 0 Å². The van der Waals surface area contributed by atoms with Crippen molar-refractivity contribution in [2.24, 2.45) is 0 Å². The lowest BCUT2D eigenvalue weighted by Gasteiger charge is -2.47. The van der Waals surface area contributed by atoms with Crippen LogP contribution in [-0.4, -0.2) is 45.1 Å². The molecule has 0 saturated carbocycles. The molecule has 4 heterocycles. The third-order valence-corrected chi connectivity index (χ3v) is 6.19. The van der Waals surface area contributed by atoms with Crippen LogP contribution in [0.5, 0.6) is 0 Å². The molecule has 2 aliphatic heterocycles. The molecular formula is C20H24N6. The number of nitrogens with one attached hydrogen (secondary N) is 2. The van der Waals surface area contributed by atoms with Crippen molar-refractivity contribution in [1.82, 2.24) is 25.3 Å². The van der Waals surface area contributed by atoms with Crippen LogP contribution in [0.1, 0.15) is 37.2 Å². The van der Waals surface area contributed by atoms with Gasteiger partial charge in [0, 0.05) is 25.2 Å². The Hall–Kier alpha value is -2.47. The molecule has 1 aromatic carbocycles. The highest BCUT2D eigenvalue weighted by molar-refractivity contribution is 5.82. The Bertz CT molecular complexity index is 871. The van der Waals surface area contributed by atoms with Gasteiger partial charge in [-0.15, -0.1) is 0 Å². The molecule has 1 spiro atoms. The minimum atomic E-state index is 0.294. The molecule has 2 aromatic heterocycles. The maximum atomic E-state index is 4.51. The number of fused-ring (bicyclic) bond motifs is 1. The van der Waals surface area contributed by atoms with Gasteiger partial charge in [0.05, 0.1) is 6.33 Å². The zero-order chi connectivity index (χ0) is 17.4. The molecule has 1 unspecified atom stereocenters. The Labute approximate surface area is 153 Å². The molecule has 2 aliphatic rings. The van der Waals surface area contributed by atoms with Crippen molar-refractivity contribution in [2.75, 3.05) is 24.5 Å². The van der Waals surface area contributed by atoms with Gasteiger partial charge in [0.1, 0.15) is 11.8 Å². The first-order chi connectivity index (χ1) is 12.8. The van der Waals surface area contributed by atoms with Gasteiger partial charge in [-0.05, 0) is 37.2 Å². The standard InChI is InChI=1S/C20H24N6/c1-2-4-15(5-3-1)16-6-7-20(25-12-16)8-10-26(11-9-20)19-17-18(22-13-21-17)23-14-24-19/h1-5,13-14,16,25H,6-12H2,(H,21,22,23,24). The average molecular weight is 348 g/mol. The Kier molecular flexibility index (Phi) is 3.85. The Morgan fingerprint density at radius 3 is 2.62 bits per heavy atom. The molecule has 3 aromatic rings. The van der Waals surface area contributed by atoms with Crippen LogP contribution in [0.4, 0.5) is 5.82 Å². The van der Waals surface area contributed by atoms with Crippen LogP contribution in [0.25, 0.3) is 11.2 Å². The quantitative estimate of drug-likeness (QED) is 0.745. The molecule has 0 amide bonds. The molecule has 6 nitrogen and oxygen atoms in total. The maximum absolute atomic E-state index is 4.51. The molecule has 5 rings (SSSR count). The molecule has 0 bridgehead atoms. The number of aromatic amines is 1. The van der Waals surface area contributed by atoms with Crippen molar-refractivity contribution in [1.29, 1.82) is 0 Å². The number of anilines is 1. The number of H-pyrrole nitrogens is 1. The lowest BCUT2D eigenvalue weighted by atomic mass is 9.76. The number of nitrogens with zero attached hydrogens (tertiary/aromatic N) is 4. The lowest BCUT2D eigenvalue weighted by molar-refractivity contribution is 0.192. The van der Waals surface area contributed by atoms with Crippen LogP contribution >= 0.6 is 0 Å². The van der Waals surface area contributed by atoms with E-state index in [1.54, 1.807) is 12.7 Å². The molecule has 26 heavy (non-hydrogen) atoms. The zero-order valence-corrected chi connectivity index (χ0v) is 14.9. The summed E-state index contributed by atoms with van der Waals surface area (Å²) in [6.07, 6.45) is 8.16. The number of benzene rings is 1. The van der Waals surface area contributed by atoms with Gasteiger partial charge in [0.15, 0.2) is 11.5 Å². The van der Waals surface area contributed by atoms with Gasteiger partial charge in [0.25, 0.3) is 0 Å². The van der Waals surface area contributed by atoms with Crippen LogP contribution in [0, 0.1) is 0 Å². The summed E-state index contributed by atoms with van der Waals surface area (Å²) in [6, 6.07) is 10.9. The van der Waals surface area contributed by atoms with E-state index >= 15 is 0 Å². The zero-order valence-electron chi connectivity index (χ0n) is 14.9. The Balaban J connectivity index is 1.26. The van der Waals surface area contributed by atoms with Crippen molar-refractivity contribution in [3.8, 4) is 0 Å². The maximum Gasteiger partial charge on any atom is 0.182 e. The van der Waals surface area contributed by atoms with Gasteiger partial charge >= 0.3 is 0 Å². The summed E-state index contributed by atoms with van der Waals surface area (Å²) in [7, 11) is 0. The number of rotatable bonds is 2. The molecule has 2 fully saturated rings. The van der Waals surface area contributed by atoms with Gasteiger partial charge in [-0.25, -0.2) is 15.0 Å². The number of imidazole rings is 1. The number of hydrogen-bond donors (Lipinski definition) is 2. The molecule has 0 radical (unpaired) electrons. The average Bonchev–Trinajstić information content (AvgIpc) is 3.19. The van der Waals surface area contributed by atoms with Crippen LogP contribution in [0.2, 0.25) is 0 Å². The second-order valence-corrected chi connectivity index (χ2v) is 7.59. The normalized spacial score (nSPS) is 22.8. The lowest BCUT2D eigenvalue weighted by Crippen LogP contribution is -2.56. The fraction of sp³-hybridized carbons (Fsp3) is 0.450. The van der Waals surface area contributed by atoms with Gasteiger partial charge in [-0.3, -0.25) is 0 Å². The Morgan fingerprint density at radius 1 is 1.00 bits per heavy atom. The third-order valence-electron chi connectivity index (χ3n) is 6.19. The SMILES string of the molecule is c1ccc(C2CCC3(CCN(c4ncnc5nc[nH]c45)CC3)NC2)cc1. The highest BCUT2D eigenvalue weighted by Gasteiger charge is 2.38. The van der Waals surface area contributed by atoms with Gasteiger partial charge < -0.3 is 15.2 Å². The molecule has 6 heteroatoms. The van der Waals surface area contributed by atoms with E-state index in [1.807, 2.05) is 0 Å². The van der Waals surface area contributed by atoms with Gasteiger partial charge in [0.2, 0.25) is 0 Å². The highest BCUT2D eigenvalue weighted by Crippen LogP contribution is 2.37. The van der Waals surface area contributed by atoms with E-state index in [2.05, 4.69) is 60.5 Å². The minimum Gasteiger partial charge on any atom is -0.355 e. The topological polar surface area (TPSA) is 69.7 Å². The summed E-state index contributed by atoms with van der Waals surface area (Å²) in [4.78, 5) is 18.5. The first-order valence-electron chi connectivity index (χ1n) is 9.52. The van der Waals surface area contributed by atoms with Crippen LogP contribution in [-0.2, 0) is 0 Å². The summed E-state index contributed by atoms with van der Waals surface area (Å²) in [5, 5.41) is 3.91. The second kappa shape index (κ2) is 6.36. The van der Waals surface area contributed by atoms with Gasteiger partial charge in [-0.1, -0.05) is 30.3 Å². The summed E-state index contributed by atoms with van der Waals surface area (Å²) in [5.41, 5.74) is 3.46. The first-order valence-corrected chi connectivity index (χ1v) is 9.52. The molecule has 2 N–H and O–H groups in total. The van der Waals surface area contributed by atoms with Crippen molar-refractivity contribution in [3.63, 3.8) is 0 Å². The second-order valence-electron chi connectivity index (χ2n) is 7.59. The molecule has 1 atom stereocenters. The van der Waals surface area contributed by atoms with Crippen molar-refractivity contribution in [3.05, 3.63) is 48.5 Å². The summed E-state index contributed by atoms with van der Waals surface area (Å²) >= 11 is 0. The van der Waals surface area contributed by atoms with E-state index in [0.29, 0.717) is 11.5 Å². The third kappa shape index (κ3) is 2.74. The van der Waals surface area contributed by atoms with E-state index in [9.17, 15) is 0 Å². The first kappa shape index (κ1) is 15.8. The van der Waals surface area contributed by atoms with Crippen molar-refractivity contribution in [2.45, 2.75) is 37.1 Å². The van der Waals surface area contributed by atoms with Crippen LogP contribution in [0.3, 0.4) is 0 Å². The van der Waals surface area contributed by atoms with Crippen LogP contribution in [0.15, 0.2) is 43.0 Å². The van der Waals surface area contributed by atoms with E-state index in [0.717, 1.165) is 49.5 Å². The van der Waals surface area contributed by atoms with Crippen LogP contribution < -0.4 is 10.2 Å². The predicted molar refractivity (Wildman–Crippen MR) is 102 cm³/mol. The smallest absolute Gasteiger partial charge is 0.182 e. The minimum absolute atomic E-state index is 0.294. The number of aromatic nitrogens is 4. The predicted octanol–water partition coefficient (Wildman–Crippen LogP) is 2.86. The van der Waals surface area contributed by atoms with Crippen molar-refractivity contribution >= 4 is 17.0 Å². The monoisotopic (exact) mass is 348 g/mol. The highest BCUT2D eigenvalue weighted by atomic mass is 15.2. The number of piperidine rings is 2. The van der Waals surface area contributed by atoms with E-state index in [4.69, 9.17) is 0 Å².